The van der Waals surface area contributed by atoms with Gasteiger partial charge in [-0.1, -0.05) is 36.1 Å². The summed E-state index contributed by atoms with van der Waals surface area (Å²) in [4.78, 5) is 27.2. The minimum absolute atomic E-state index is 0.143. The van der Waals surface area contributed by atoms with Crippen LogP contribution in [-0.2, 0) is 4.79 Å². The normalized spacial score (nSPS) is 19.1. The Balaban J connectivity index is 1.41. The molecule has 2 aliphatic heterocycles. The van der Waals surface area contributed by atoms with Crippen LogP contribution in [0.2, 0.25) is 0 Å². The van der Waals surface area contributed by atoms with Crippen molar-refractivity contribution < 1.29 is 19.1 Å². The maximum absolute atomic E-state index is 12.7. The van der Waals surface area contributed by atoms with Crippen molar-refractivity contribution in [1.82, 2.24) is 20.7 Å². The molecule has 8 nitrogen and oxygen atoms in total. The van der Waals surface area contributed by atoms with E-state index < -0.39 is 0 Å². The van der Waals surface area contributed by atoms with E-state index >= 15 is 0 Å². The number of amides is 2. The van der Waals surface area contributed by atoms with Crippen molar-refractivity contribution >= 4 is 46.2 Å². The Morgan fingerprint density at radius 3 is 2.77 bits per heavy atom. The highest BCUT2D eigenvalue weighted by molar-refractivity contribution is 8.26. The Morgan fingerprint density at radius 1 is 1.26 bits per heavy atom. The van der Waals surface area contributed by atoms with Crippen LogP contribution < -0.4 is 10.7 Å². The molecule has 0 aliphatic carbocycles. The number of aliphatic hydroxyl groups excluding tert-OH is 1. The van der Waals surface area contributed by atoms with Crippen LogP contribution in [0.25, 0.3) is 17.4 Å². The molecular formula is C21H22N4O4S2. The first kappa shape index (κ1) is 21.7. The third-order valence-electron chi connectivity index (χ3n) is 5.00. The highest BCUT2D eigenvalue weighted by Gasteiger charge is 2.23. The van der Waals surface area contributed by atoms with Crippen LogP contribution in [0.5, 0.6) is 0 Å². The van der Waals surface area contributed by atoms with Crippen molar-refractivity contribution in [3.05, 3.63) is 52.6 Å². The van der Waals surface area contributed by atoms with Gasteiger partial charge in [-0.3, -0.25) is 19.9 Å². The molecule has 3 heterocycles. The van der Waals surface area contributed by atoms with Crippen molar-refractivity contribution in [2.24, 2.45) is 0 Å². The molecule has 162 valence electrons. The molecule has 2 fully saturated rings. The fourth-order valence-corrected chi connectivity index (χ4v) is 4.41. The standard InChI is InChI=1S/C21H22N4O4S2/c26-11-10-24-6-8-25(9-7-24)23-19(27)15-3-1-2-14(12-15)17-5-4-16(29-17)13-18-20(28)22-21(30)31-18/h1-5,12-13,26H,6-11H2,(H,23,27)(H,22,28,30)/b18-13+. The Morgan fingerprint density at radius 2 is 2.06 bits per heavy atom. The van der Waals surface area contributed by atoms with E-state index in [0.29, 0.717) is 45.9 Å². The number of piperazine rings is 1. The lowest BCUT2D eigenvalue weighted by Crippen LogP contribution is -2.53. The van der Waals surface area contributed by atoms with Gasteiger partial charge in [0.05, 0.1) is 11.5 Å². The zero-order chi connectivity index (χ0) is 21.8. The monoisotopic (exact) mass is 458 g/mol. The first-order valence-corrected chi connectivity index (χ1v) is 11.1. The van der Waals surface area contributed by atoms with Gasteiger partial charge in [0.15, 0.2) is 0 Å². The lowest BCUT2D eigenvalue weighted by atomic mass is 10.1. The molecular weight excluding hydrogens is 436 g/mol. The summed E-state index contributed by atoms with van der Waals surface area (Å²) >= 11 is 6.19. The van der Waals surface area contributed by atoms with Crippen LogP contribution in [0, 0.1) is 0 Å². The van der Waals surface area contributed by atoms with Crippen molar-refractivity contribution in [2.75, 3.05) is 39.3 Å². The molecule has 0 spiro atoms. The number of aliphatic hydroxyl groups is 1. The molecule has 0 unspecified atom stereocenters. The summed E-state index contributed by atoms with van der Waals surface area (Å²) in [5.41, 5.74) is 4.24. The molecule has 31 heavy (non-hydrogen) atoms. The lowest BCUT2D eigenvalue weighted by Gasteiger charge is -2.34. The number of hydrogen-bond acceptors (Lipinski definition) is 8. The number of rotatable bonds is 6. The molecule has 0 saturated carbocycles. The second-order valence-electron chi connectivity index (χ2n) is 7.13. The highest BCUT2D eigenvalue weighted by atomic mass is 32.2. The summed E-state index contributed by atoms with van der Waals surface area (Å²) in [6, 6.07) is 10.8. The van der Waals surface area contributed by atoms with Gasteiger partial charge in [-0.15, -0.1) is 0 Å². The number of thioether (sulfide) groups is 1. The van der Waals surface area contributed by atoms with Crippen LogP contribution in [-0.4, -0.2) is 70.5 Å². The van der Waals surface area contributed by atoms with E-state index in [2.05, 4.69) is 15.6 Å². The first-order valence-electron chi connectivity index (χ1n) is 9.86. The second kappa shape index (κ2) is 9.75. The van der Waals surface area contributed by atoms with Gasteiger partial charge in [0, 0.05) is 49.9 Å². The van der Waals surface area contributed by atoms with Crippen LogP contribution >= 0.6 is 24.0 Å². The van der Waals surface area contributed by atoms with Gasteiger partial charge in [0.2, 0.25) is 0 Å². The van der Waals surface area contributed by atoms with Crippen molar-refractivity contribution in [3.8, 4) is 11.3 Å². The molecule has 3 N–H and O–H groups in total. The number of β-amino-alcohol motifs (C(OH)–C–C–N with tert-alkyl or cyclic N) is 1. The number of nitrogens with zero attached hydrogens (tertiary/aromatic N) is 2. The number of hydrogen-bond donors (Lipinski definition) is 3. The number of nitrogens with one attached hydrogen (secondary N) is 2. The Hall–Kier alpha value is -2.50. The number of carbonyl (C=O) groups is 2. The Kier molecular flexibility index (Phi) is 6.83. The van der Waals surface area contributed by atoms with E-state index in [1.165, 1.54) is 11.8 Å². The number of furan rings is 1. The fourth-order valence-electron chi connectivity index (χ4n) is 3.38. The van der Waals surface area contributed by atoms with Gasteiger partial charge < -0.3 is 14.8 Å². The molecule has 0 atom stereocenters. The summed E-state index contributed by atoms with van der Waals surface area (Å²) in [6.07, 6.45) is 1.65. The third-order valence-corrected chi connectivity index (χ3v) is 6.16. The van der Waals surface area contributed by atoms with Gasteiger partial charge in [-0.2, -0.15) is 0 Å². The third kappa shape index (κ3) is 5.41. The molecule has 2 aliphatic rings. The molecule has 4 rings (SSSR count). The summed E-state index contributed by atoms with van der Waals surface area (Å²) in [7, 11) is 0. The smallest absolute Gasteiger partial charge is 0.265 e. The van der Waals surface area contributed by atoms with E-state index in [1.54, 1.807) is 30.3 Å². The predicted octanol–water partition coefficient (Wildman–Crippen LogP) is 1.69. The van der Waals surface area contributed by atoms with E-state index in [-0.39, 0.29) is 18.4 Å². The number of benzene rings is 1. The highest BCUT2D eigenvalue weighted by Crippen LogP contribution is 2.29. The van der Waals surface area contributed by atoms with E-state index in [9.17, 15) is 9.59 Å². The van der Waals surface area contributed by atoms with E-state index in [1.807, 2.05) is 17.1 Å². The number of thiocarbonyl (C=S) groups is 1. The summed E-state index contributed by atoms with van der Waals surface area (Å²) in [5, 5.41) is 13.5. The molecule has 2 saturated heterocycles. The Labute approximate surface area is 189 Å². The van der Waals surface area contributed by atoms with Crippen molar-refractivity contribution in [2.45, 2.75) is 0 Å². The maximum Gasteiger partial charge on any atom is 0.265 e. The van der Waals surface area contributed by atoms with E-state index in [4.69, 9.17) is 21.7 Å². The van der Waals surface area contributed by atoms with Crippen LogP contribution in [0.4, 0.5) is 0 Å². The average Bonchev–Trinajstić information content (AvgIpc) is 3.36. The predicted molar refractivity (Wildman–Crippen MR) is 123 cm³/mol. The number of hydrazine groups is 1. The molecule has 1 aromatic carbocycles. The first-order chi connectivity index (χ1) is 15.0. The van der Waals surface area contributed by atoms with Gasteiger partial charge in [-0.25, -0.2) is 5.01 Å². The second-order valence-corrected chi connectivity index (χ2v) is 8.85. The van der Waals surface area contributed by atoms with Gasteiger partial charge >= 0.3 is 0 Å². The quantitative estimate of drug-likeness (QED) is 0.445. The van der Waals surface area contributed by atoms with E-state index in [0.717, 1.165) is 18.7 Å². The van der Waals surface area contributed by atoms with Crippen LogP contribution in [0.3, 0.4) is 0 Å². The average molecular weight is 459 g/mol. The van der Waals surface area contributed by atoms with Gasteiger partial charge in [0.25, 0.3) is 11.8 Å². The van der Waals surface area contributed by atoms with Crippen molar-refractivity contribution in [3.63, 3.8) is 0 Å². The van der Waals surface area contributed by atoms with Crippen LogP contribution in [0.1, 0.15) is 16.1 Å². The topological polar surface area (TPSA) is 98.1 Å². The molecule has 0 bridgehead atoms. The maximum atomic E-state index is 12.7. The lowest BCUT2D eigenvalue weighted by molar-refractivity contribution is -0.115. The summed E-state index contributed by atoms with van der Waals surface area (Å²) in [6.45, 7) is 3.80. The zero-order valence-electron chi connectivity index (χ0n) is 16.7. The molecule has 2 amide bonds. The molecule has 2 aromatic rings. The minimum Gasteiger partial charge on any atom is -0.457 e. The Bertz CT molecular complexity index is 1030. The zero-order valence-corrected chi connectivity index (χ0v) is 18.3. The molecule has 1 aromatic heterocycles. The van der Waals surface area contributed by atoms with Gasteiger partial charge in [-0.05, 0) is 24.3 Å². The summed E-state index contributed by atoms with van der Waals surface area (Å²) < 4.78 is 6.28. The number of carbonyl (C=O) groups excluding carboxylic acids is 2. The van der Waals surface area contributed by atoms with Crippen molar-refractivity contribution in [1.29, 1.82) is 0 Å². The minimum atomic E-state index is -0.233. The largest absolute Gasteiger partial charge is 0.457 e. The van der Waals surface area contributed by atoms with Gasteiger partial charge in [0.1, 0.15) is 15.8 Å². The molecule has 0 radical (unpaired) electrons. The van der Waals surface area contributed by atoms with Crippen LogP contribution in [0.15, 0.2) is 45.7 Å². The SMILES string of the molecule is O=C1NC(=S)S/C1=C/c1ccc(-c2cccc(C(=O)NN3CCN(CCO)CC3)c2)o1. The molecule has 10 heteroatoms. The summed E-state index contributed by atoms with van der Waals surface area (Å²) in [5.74, 6) is 0.723. The fraction of sp³-hybridized carbons (Fsp3) is 0.286.